The molecule has 0 aliphatic carbocycles. The highest BCUT2D eigenvalue weighted by atomic mass is 15.3. The Kier molecular flexibility index (Phi) is 6.27. The van der Waals surface area contributed by atoms with E-state index in [9.17, 15) is 0 Å². The smallest absolute Gasteiger partial charge is 0.188 e. The SMILES string of the molecule is C=C(C)CN=C(N)NCCN1CCN(c2ccccc2)CC1. The lowest BCUT2D eigenvalue weighted by molar-refractivity contribution is 0.262. The van der Waals surface area contributed by atoms with E-state index in [1.807, 2.05) is 6.92 Å². The van der Waals surface area contributed by atoms with Gasteiger partial charge in [0.2, 0.25) is 0 Å². The molecular formula is C17H27N5. The van der Waals surface area contributed by atoms with Crippen LogP contribution in [-0.4, -0.2) is 56.7 Å². The van der Waals surface area contributed by atoms with Gasteiger partial charge in [-0.05, 0) is 19.1 Å². The molecule has 1 fully saturated rings. The summed E-state index contributed by atoms with van der Waals surface area (Å²) in [6.07, 6.45) is 0. The van der Waals surface area contributed by atoms with Crippen molar-refractivity contribution >= 4 is 11.6 Å². The first-order valence-electron chi connectivity index (χ1n) is 7.85. The van der Waals surface area contributed by atoms with Crippen molar-refractivity contribution in [3.63, 3.8) is 0 Å². The highest BCUT2D eigenvalue weighted by Gasteiger charge is 2.16. The van der Waals surface area contributed by atoms with Gasteiger partial charge in [-0.2, -0.15) is 0 Å². The molecule has 0 bridgehead atoms. The lowest BCUT2D eigenvalue weighted by atomic mass is 10.2. The van der Waals surface area contributed by atoms with Crippen molar-refractivity contribution < 1.29 is 0 Å². The summed E-state index contributed by atoms with van der Waals surface area (Å²) in [6.45, 7) is 12.5. The van der Waals surface area contributed by atoms with Crippen LogP contribution >= 0.6 is 0 Å². The maximum Gasteiger partial charge on any atom is 0.188 e. The molecule has 2 rings (SSSR count). The van der Waals surface area contributed by atoms with Crippen LogP contribution in [0.3, 0.4) is 0 Å². The van der Waals surface area contributed by atoms with Gasteiger partial charge < -0.3 is 16.0 Å². The van der Waals surface area contributed by atoms with Crippen LogP contribution in [0.4, 0.5) is 5.69 Å². The third-order valence-electron chi connectivity index (χ3n) is 3.75. The van der Waals surface area contributed by atoms with Crippen molar-refractivity contribution in [2.75, 3.05) is 50.7 Å². The van der Waals surface area contributed by atoms with Crippen LogP contribution in [0.5, 0.6) is 0 Å². The molecule has 120 valence electrons. The number of benzene rings is 1. The van der Waals surface area contributed by atoms with Crippen LogP contribution in [-0.2, 0) is 0 Å². The number of nitrogens with one attached hydrogen (secondary N) is 1. The number of rotatable bonds is 6. The second kappa shape index (κ2) is 8.44. The Labute approximate surface area is 133 Å². The molecule has 0 atom stereocenters. The zero-order chi connectivity index (χ0) is 15.8. The summed E-state index contributed by atoms with van der Waals surface area (Å²) in [5.41, 5.74) is 8.14. The van der Waals surface area contributed by atoms with Crippen molar-refractivity contribution in [3.05, 3.63) is 42.5 Å². The Morgan fingerprint density at radius 3 is 2.55 bits per heavy atom. The maximum atomic E-state index is 5.81. The molecule has 5 heteroatoms. The highest BCUT2D eigenvalue weighted by Crippen LogP contribution is 2.15. The second-order valence-electron chi connectivity index (χ2n) is 5.75. The molecule has 0 aromatic heterocycles. The average molecular weight is 301 g/mol. The summed E-state index contributed by atoms with van der Waals surface area (Å²) in [5, 5.41) is 3.16. The van der Waals surface area contributed by atoms with E-state index in [0.29, 0.717) is 12.5 Å². The molecule has 1 aliphatic rings. The Balaban J connectivity index is 1.65. The number of nitrogens with zero attached hydrogens (tertiary/aromatic N) is 3. The van der Waals surface area contributed by atoms with E-state index in [0.717, 1.165) is 44.8 Å². The van der Waals surface area contributed by atoms with E-state index in [4.69, 9.17) is 5.73 Å². The fourth-order valence-electron chi connectivity index (χ4n) is 2.49. The summed E-state index contributed by atoms with van der Waals surface area (Å²) in [4.78, 5) is 9.11. The van der Waals surface area contributed by atoms with Crippen LogP contribution in [0.1, 0.15) is 6.92 Å². The molecule has 22 heavy (non-hydrogen) atoms. The van der Waals surface area contributed by atoms with Crippen molar-refractivity contribution in [2.45, 2.75) is 6.92 Å². The van der Waals surface area contributed by atoms with Gasteiger partial charge >= 0.3 is 0 Å². The number of piperazine rings is 1. The lowest BCUT2D eigenvalue weighted by Gasteiger charge is -2.36. The van der Waals surface area contributed by atoms with E-state index in [-0.39, 0.29) is 0 Å². The standard InChI is InChI=1S/C17H27N5/c1-15(2)14-20-17(18)19-8-9-21-10-12-22(13-11-21)16-6-4-3-5-7-16/h3-7H,1,8-14H2,2H3,(H3,18,19,20). The quantitative estimate of drug-likeness (QED) is 0.472. The van der Waals surface area contributed by atoms with Crippen molar-refractivity contribution in [1.29, 1.82) is 0 Å². The molecule has 1 aromatic carbocycles. The zero-order valence-electron chi connectivity index (χ0n) is 13.5. The molecule has 1 saturated heterocycles. The lowest BCUT2D eigenvalue weighted by Crippen LogP contribution is -2.49. The molecule has 5 nitrogen and oxygen atoms in total. The van der Waals surface area contributed by atoms with Gasteiger partial charge in [0.15, 0.2) is 5.96 Å². The van der Waals surface area contributed by atoms with Gasteiger partial charge in [0, 0.05) is 45.0 Å². The van der Waals surface area contributed by atoms with Gasteiger partial charge in [-0.15, -0.1) is 0 Å². The minimum atomic E-state index is 0.505. The normalized spacial score (nSPS) is 16.6. The molecule has 1 aromatic rings. The number of para-hydroxylation sites is 1. The molecule has 0 spiro atoms. The van der Waals surface area contributed by atoms with E-state index >= 15 is 0 Å². The van der Waals surface area contributed by atoms with Gasteiger partial charge in [-0.1, -0.05) is 30.4 Å². The van der Waals surface area contributed by atoms with E-state index in [1.54, 1.807) is 0 Å². The second-order valence-corrected chi connectivity index (χ2v) is 5.75. The molecule has 0 unspecified atom stereocenters. The van der Waals surface area contributed by atoms with E-state index in [2.05, 4.69) is 57.0 Å². The van der Waals surface area contributed by atoms with Crippen LogP contribution in [0, 0.1) is 0 Å². The van der Waals surface area contributed by atoms with Crippen molar-refractivity contribution in [2.24, 2.45) is 10.7 Å². The Bertz CT molecular complexity index is 489. The monoisotopic (exact) mass is 301 g/mol. The molecule has 3 N–H and O–H groups in total. The molecular weight excluding hydrogens is 274 g/mol. The van der Waals surface area contributed by atoms with Crippen LogP contribution < -0.4 is 16.0 Å². The highest BCUT2D eigenvalue weighted by molar-refractivity contribution is 5.77. The van der Waals surface area contributed by atoms with E-state index in [1.165, 1.54) is 5.69 Å². The Morgan fingerprint density at radius 1 is 1.23 bits per heavy atom. The van der Waals surface area contributed by atoms with Gasteiger partial charge in [-0.25, -0.2) is 4.99 Å². The first-order chi connectivity index (χ1) is 10.6. The zero-order valence-corrected chi connectivity index (χ0v) is 13.5. The molecule has 1 aliphatic heterocycles. The van der Waals surface area contributed by atoms with Gasteiger partial charge in [-0.3, -0.25) is 4.90 Å². The summed E-state index contributed by atoms with van der Waals surface area (Å²) < 4.78 is 0. The molecule has 1 heterocycles. The Morgan fingerprint density at radius 2 is 1.91 bits per heavy atom. The number of guanidine groups is 1. The fraction of sp³-hybridized carbons (Fsp3) is 0.471. The number of anilines is 1. The predicted octanol–water partition coefficient (Wildman–Crippen LogP) is 1.29. The third kappa shape index (κ3) is 5.41. The first-order valence-corrected chi connectivity index (χ1v) is 7.85. The van der Waals surface area contributed by atoms with E-state index < -0.39 is 0 Å². The number of hydrogen-bond donors (Lipinski definition) is 2. The van der Waals surface area contributed by atoms with Gasteiger partial charge in [0.05, 0.1) is 6.54 Å². The molecule has 0 amide bonds. The maximum absolute atomic E-state index is 5.81. The topological polar surface area (TPSA) is 56.9 Å². The predicted molar refractivity (Wildman–Crippen MR) is 94.4 cm³/mol. The molecule has 0 radical (unpaired) electrons. The number of aliphatic imine (C=N–C) groups is 1. The van der Waals surface area contributed by atoms with Gasteiger partial charge in [0.25, 0.3) is 0 Å². The van der Waals surface area contributed by atoms with Crippen LogP contribution in [0.2, 0.25) is 0 Å². The summed E-state index contributed by atoms with van der Waals surface area (Å²) in [7, 11) is 0. The summed E-state index contributed by atoms with van der Waals surface area (Å²) in [6, 6.07) is 10.6. The summed E-state index contributed by atoms with van der Waals surface area (Å²) in [5.74, 6) is 0.505. The Hall–Kier alpha value is -2.01. The van der Waals surface area contributed by atoms with Crippen LogP contribution in [0.15, 0.2) is 47.5 Å². The number of nitrogens with two attached hydrogens (primary N) is 1. The van der Waals surface area contributed by atoms with Crippen molar-refractivity contribution in [1.82, 2.24) is 10.2 Å². The van der Waals surface area contributed by atoms with Crippen molar-refractivity contribution in [3.8, 4) is 0 Å². The summed E-state index contributed by atoms with van der Waals surface area (Å²) >= 11 is 0. The third-order valence-corrected chi connectivity index (χ3v) is 3.75. The average Bonchev–Trinajstić information content (AvgIpc) is 2.54. The minimum Gasteiger partial charge on any atom is -0.370 e. The number of hydrogen-bond acceptors (Lipinski definition) is 3. The first kappa shape index (κ1) is 16.4. The minimum absolute atomic E-state index is 0.505. The van der Waals surface area contributed by atoms with Crippen LogP contribution in [0.25, 0.3) is 0 Å². The van der Waals surface area contributed by atoms with Gasteiger partial charge in [0.1, 0.15) is 0 Å². The fourth-order valence-corrected chi connectivity index (χ4v) is 2.49. The molecule has 0 saturated carbocycles. The largest absolute Gasteiger partial charge is 0.370 e.